The zero-order valence-corrected chi connectivity index (χ0v) is 18.6. The molecule has 162 valence electrons. The van der Waals surface area contributed by atoms with Crippen LogP contribution in [0.15, 0.2) is 72.9 Å². The van der Waals surface area contributed by atoms with Crippen LogP contribution in [0.1, 0.15) is 35.2 Å². The summed E-state index contributed by atoms with van der Waals surface area (Å²) in [4.78, 5) is 6.99. The second-order valence-electron chi connectivity index (χ2n) is 8.16. The maximum Gasteiger partial charge on any atom is 0.131 e. The normalized spacial score (nSPS) is 17.2. The molecule has 5 rings (SSSR count). The van der Waals surface area contributed by atoms with Crippen molar-refractivity contribution in [2.24, 2.45) is 0 Å². The van der Waals surface area contributed by atoms with E-state index < -0.39 is 0 Å². The highest BCUT2D eigenvalue weighted by Gasteiger charge is 2.20. The maximum atomic E-state index is 10.1. The first-order chi connectivity index (χ1) is 15.7. The average Bonchev–Trinajstić information content (AvgIpc) is 2.97. The molecule has 4 nitrogen and oxygen atoms in total. The molecule has 0 fully saturated rings. The SMILES string of the molecule is Oc1ccc2c(c1)/C(=C/CCN1CC=C(c3ccc(Cl)cc3)CC1)c1cccnc1CO2. The Morgan fingerprint density at radius 3 is 2.78 bits per heavy atom. The Balaban J connectivity index is 1.33. The minimum absolute atomic E-state index is 0.237. The number of fused-ring (bicyclic) bond motifs is 2. The summed E-state index contributed by atoms with van der Waals surface area (Å²) >= 11 is 6.02. The third-order valence-corrected chi connectivity index (χ3v) is 6.35. The molecule has 0 unspecified atom stereocenters. The summed E-state index contributed by atoms with van der Waals surface area (Å²) in [6.07, 6.45) is 8.32. The number of hydrogen-bond donors (Lipinski definition) is 1. The van der Waals surface area contributed by atoms with Gasteiger partial charge in [0.1, 0.15) is 18.1 Å². The van der Waals surface area contributed by atoms with Crippen LogP contribution in [0, 0.1) is 0 Å². The van der Waals surface area contributed by atoms with Gasteiger partial charge in [0.25, 0.3) is 0 Å². The summed E-state index contributed by atoms with van der Waals surface area (Å²) in [5.41, 5.74) is 6.63. The lowest BCUT2D eigenvalue weighted by Gasteiger charge is -2.26. The van der Waals surface area contributed by atoms with Gasteiger partial charge in [-0.3, -0.25) is 9.88 Å². The Labute approximate surface area is 193 Å². The van der Waals surface area contributed by atoms with Gasteiger partial charge in [-0.1, -0.05) is 42.0 Å². The third kappa shape index (κ3) is 4.43. The van der Waals surface area contributed by atoms with Crippen molar-refractivity contribution in [2.45, 2.75) is 19.4 Å². The number of nitrogens with zero attached hydrogens (tertiary/aromatic N) is 2. The molecule has 0 bridgehead atoms. The predicted molar refractivity (Wildman–Crippen MR) is 129 cm³/mol. The minimum Gasteiger partial charge on any atom is -0.508 e. The fraction of sp³-hybridized carbons (Fsp3) is 0.222. The number of phenolic OH excluding ortho intramolecular Hbond substituents is 1. The van der Waals surface area contributed by atoms with Gasteiger partial charge in [0, 0.05) is 42.0 Å². The highest BCUT2D eigenvalue weighted by atomic mass is 35.5. The van der Waals surface area contributed by atoms with E-state index >= 15 is 0 Å². The molecule has 2 aliphatic heterocycles. The Morgan fingerprint density at radius 1 is 1.09 bits per heavy atom. The molecule has 0 aliphatic carbocycles. The van der Waals surface area contributed by atoms with Gasteiger partial charge in [-0.05, 0) is 65.9 Å². The number of aromatic nitrogens is 1. The second kappa shape index (κ2) is 9.19. The van der Waals surface area contributed by atoms with Crippen LogP contribution in [0.4, 0.5) is 0 Å². The van der Waals surface area contributed by atoms with Crippen LogP contribution in [0.3, 0.4) is 0 Å². The molecule has 2 aliphatic rings. The summed E-state index contributed by atoms with van der Waals surface area (Å²) in [6.45, 7) is 3.38. The van der Waals surface area contributed by atoms with E-state index in [9.17, 15) is 5.11 Å². The molecule has 3 heterocycles. The fourth-order valence-electron chi connectivity index (χ4n) is 4.40. The third-order valence-electron chi connectivity index (χ3n) is 6.10. The molecule has 0 amide bonds. The van der Waals surface area contributed by atoms with Crippen molar-refractivity contribution >= 4 is 22.7 Å². The van der Waals surface area contributed by atoms with E-state index in [1.54, 1.807) is 18.3 Å². The molecule has 0 radical (unpaired) electrons. The summed E-state index contributed by atoms with van der Waals surface area (Å²) in [5.74, 6) is 1.02. The molecule has 0 atom stereocenters. The van der Waals surface area contributed by atoms with E-state index in [1.807, 2.05) is 24.3 Å². The van der Waals surface area contributed by atoms with Gasteiger partial charge < -0.3 is 9.84 Å². The molecule has 0 saturated heterocycles. The van der Waals surface area contributed by atoms with Gasteiger partial charge in [0.15, 0.2) is 0 Å². The molecular weight excluding hydrogens is 420 g/mol. The maximum absolute atomic E-state index is 10.1. The van der Waals surface area contributed by atoms with Crippen molar-refractivity contribution in [2.75, 3.05) is 19.6 Å². The van der Waals surface area contributed by atoms with E-state index in [0.717, 1.165) is 65.6 Å². The number of ether oxygens (including phenoxy) is 1. The molecule has 1 aromatic heterocycles. The fourth-order valence-corrected chi connectivity index (χ4v) is 4.52. The Morgan fingerprint density at radius 2 is 1.97 bits per heavy atom. The summed E-state index contributed by atoms with van der Waals surface area (Å²) in [6, 6.07) is 17.4. The number of aromatic hydroxyl groups is 1. The van der Waals surface area contributed by atoms with Gasteiger partial charge in [0.05, 0.1) is 5.69 Å². The predicted octanol–water partition coefficient (Wildman–Crippen LogP) is 5.94. The molecule has 32 heavy (non-hydrogen) atoms. The van der Waals surface area contributed by atoms with E-state index in [0.29, 0.717) is 6.61 Å². The molecule has 3 aromatic rings. The van der Waals surface area contributed by atoms with Crippen LogP contribution >= 0.6 is 11.6 Å². The van der Waals surface area contributed by atoms with Crippen molar-refractivity contribution in [3.63, 3.8) is 0 Å². The van der Waals surface area contributed by atoms with Crippen molar-refractivity contribution in [1.82, 2.24) is 9.88 Å². The molecular formula is C27H25ClN2O2. The standard InChI is InChI=1S/C27H25ClN2O2/c28-21-7-5-19(6-8-21)20-11-15-30(16-12-20)14-2-4-23-24-3-1-13-29-26(24)18-32-27-10-9-22(31)17-25(23)27/h1,3-11,13,17,31H,2,12,14-16,18H2/b23-4+. The van der Waals surface area contributed by atoms with Crippen molar-refractivity contribution in [1.29, 1.82) is 0 Å². The Kier molecular flexibility index (Phi) is 5.97. The molecule has 0 saturated carbocycles. The van der Waals surface area contributed by atoms with E-state index in [1.165, 1.54) is 11.1 Å². The van der Waals surface area contributed by atoms with Gasteiger partial charge in [-0.15, -0.1) is 0 Å². The van der Waals surface area contributed by atoms with E-state index in [4.69, 9.17) is 16.3 Å². The van der Waals surface area contributed by atoms with Crippen molar-refractivity contribution < 1.29 is 9.84 Å². The highest BCUT2D eigenvalue weighted by Crippen LogP contribution is 2.38. The first-order valence-electron chi connectivity index (χ1n) is 11.0. The van der Waals surface area contributed by atoms with Gasteiger partial charge in [-0.25, -0.2) is 0 Å². The number of halogens is 1. The summed E-state index contributed by atoms with van der Waals surface area (Å²) in [7, 11) is 0. The largest absolute Gasteiger partial charge is 0.508 e. The highest BCUT2D eigenvalue weighted by molar-refractivity contribution is 6.30. The molecule has 2 aromatic carbocycles. The lowest BCUT2D eigenvalue weighted by molar-refractivity contribution is 0.302. The first kappa shape index (κ1) is 20.8. The van der Waals surface area contributed by atoms with Gasteiger partial charge in [0.2, 0.25) is 0 Å². The monoisotopic (exact) mass is 444 g/mol. The smallest absolute Gasteiger partial charge is 0.131 e. The summed E-state index contributed by atoms with van der Waals surface area (Å²) in [5, 5.41) is 10.9. The lowest BCUT2D eigenvalue weighted by Crippen LogP contribution is -2.29. The number of rotatable bonds is 4. The summed E-state index contributed by atoms with van der Waals surface area (Å²) < 4.78 is 5.98. The Hall–Kier alpha value is -3.08. The number of hydrogen-bond acceptors (Lipinski definition) is 4. The number of phenols is 1. The number of pyridine rings is 1. The van der Waals surface area contributed by atoms with Crippen LogP contribution in [0.5, 0.6) is 11.5 Å². The average molecular weight is 445 g/mol. The molecule has 0 spiro atoms. The first-order valence-corrected chi connectivity index (χ1v) is 11.3. The molecule has 5 heteroatoms. The van der Waals surface area contributed by atoms with Crippen LogP contribution in [-0.4, -0.2) is 34.6 Å². The lowest BCUT2D eigenvalue weighted by atomic mass is 9.95. The zero-order chi connectivity index (χ0) is 21.9. The van der Waals surface area contributed by atoms with Gasteiger partial charge in [-0.2, -0.15) is 0 Å². The zero-order valence-electron chi connectivity index (χ0n) is 17.8. The topological polar surface area (TPSA) is 45.6 Å². The van der Waals surface area contributed by atoms with Crippen LogP contribution < -0.4 is 4.74 Å². The van der Waals surface area contributed by atoms with Crippen LogP contribution in [0.25, 0.3) is 11.1 Å². The van der Waals surface area contributed by atoms with Gasteiger partial charge >= 0.3 is 0 Å². The Bertz CT molecular complexity index is 1180. The number of benzene rings is 2. The molecule has 1 N–H and O–H groups in total. The second-order valence-corrected chi connectivity index (χ2v) is 8.60. The van der Waals surface area contributed by atoms with E-state index in [2.05, 4.69) is 40.2 Å². The van der Waals surface area contributed by atoms with E-state index in [-0.39, 0.29) is 5.75 Å². The van der Waals surface area contributed by atoms with Crippen molar-refractivity contribution in [3.05, 3.63) is 100 Å². The van der Waals surface area contributed by atoms with Crippen LogP contribution in [-0.2, 0) is 6.61 Å². The minimum atomic E-state index is 0.237. The quantitative estimate of drug-likeness (QED) is 0.540. The van der Waals surface area contributed by atoms with Crippen LogP contribution in [0.2, 0.25) is 5.02 Å². The van der Waals surface area contributed by atoms with Crippen molar-refractivity contribution in [3.8, 4) is 11.5 Å².